The Kier molecular flexibility index (Phi) is 8.72. The van der Waals surface area contributed by atoms with E-state index in [0.29, 0.717) is 18.2 Å². The lowest BCUT2D eigenvalue weighted by Crippen LogP contribution is -2.41. The molecular formula is C29H32N4OS. The van der Waals surface area contributed by atoms with Crippen LogP contribution in [0.5, 0.6) is 0 Å². The van der Waals surface area contributed by atoms with Crippen molar-refractivity contribution < 1.29 is 4.79 Å². The third-order valence-corrected chi connectivity index (χ3v) is 7.26. The molecular weight excluding hydrogens is 452 g/mol. The lowest BCUT2D eigenvalue weighted by molar-refractivity contribution is 0.195. The molecule has 2 aromatic carbocycles. The molecule has 35 heavy (non-hydrogen) atoms. The van der Waals surface area contributed by atoms with Gasteiger partial charge in [-0.1, -0.05) is 85.2 Å². The molecule has 1 N–H and O–H groups in total. The molecule has 1 aliphatic rings. The van der Waals surface area contributed by atoms with Crippen LogP contribution in [0.15, 0.2) is 89.9 Å². The number of likely N-dealkylation sites (N-methyl/N-ethyl adjacent to an activating group) is 1. The molecule has 1 aromatic heterocycles. The van der Waals surface area contributed by atoms with Crippen molar-refractivity contribution in [2.24, 2.45) is 0 Å². The second-order valence-corrected chi connectivity index (χ2v) is 9.46. The van der Waals surface area contributed by atoms with Gasteiger partial charge in [-0.25, -0.2) is 9.78 Å². The van der Waals surface area contributed by atoms with Crippen molar-refractivity contribution in [2.45, 2.75) is 26.2 Å². The average molecular weight is 485 g/mol. The van der Waals surface area contributed by atoms with Crippen LogP contribution in [-0.2, 0) is 0 Å². The maximum atomic E-state index is 13.4. The van der Waals surface area contributed by atoms with Crippen molar-refractivity contribution in [2.75, 3.05) is 38.0 Å². The van der Waals surface area contributed by atoms with Gasteiger partial charge in [-0.3, -0.25) is 5.32 Å². The van der Waals surface area contributed by atoms with Crippen molar-refractivity contribution in [3.63, 3.8) is 0 Å². The Hall–Kier alpha value is -3.40. The molecule has 1 atom stereocenters. The predicted octanol–water partition coefficient (Wildman–Crippen LogP) is 6.45. The fraction of sp³-hybridized carbons (Fsp3) is 0.310. The van der Waals surface area contributed by atoms with E-state index in [2.05, 4.69) is 70.9 Å². The topological polar surface area (TPSA) is 48.5 Å². The van der Waals surface area contributed by atoms with E-state index in [4.69, 9.17) is 0 Å². The number of anilines is 1. The van der Waals surface area contributed by atoms with Gasteiger partial charge in [0.1, 0.15) is 0 Å². The molecule has 0 fully saturated rings. The summed E-state index contributed by atoms with van der Waals surface area (Å²) < 4.78 is 1.07. The molecule has 1 unspecified atom stereocenters. The highest BCUT2D eigenvalue weighted by Crippen LogP contribution is 2.30. The summed E-state index contributed by atoms with van der Waals surface area (Å²) in [5.41, 5.74) is 9.59. The van der Waals surface area contributed by atoms with Gasteiger partial charge in [-0.05, 0) is 49.4 Å². The van der Waals surface area contributed by atoms with Gasteiger partial charge in [0.05, 0.1) is 10.2 Å². The van der Waals surface area contributed by atoms with Gasteiger partial charge in [0.25, 0.3) is 0 Å². The SMILES string of the molecule is CCN(CC)CCN(CCC(C1=C=C=CC=C1)c1ccccc1)C(=O)Nc1nc2ccccc2s1. The Morgan fingerprint density at radius 2 is 1.80 bits per heavy atom. The van der Waals surface area contributed by atoms with E-state index in [0.717, 1.165) is 41.8 Å². The van der Waals surface area contributed by atoms with Gasteiger partial charge >= 0.3 is 6.03 Å². The maximum Gasteiger partial charge on any atom is 0.323 e. The number of urea groups is 1. The van der Waals surface area contributed by atoms with Gasteiger partial charge < -0.3 is 9.80 Å². The van der Waals surface area contributed by atoms with Crippen LogP contribution in [0.4, 0.5) is 9.93 Å². The molecule has 0 bridgehead atoms. The third-order valence-electron chi connectivity index (χ3n) is 6.31. The second kappa shape index (κ2) is 12.3. The minimum Gasteiger partial charge on any atom is -0.323 e. The zero-order valence-electron chi connectivity index (χ0n) is 20.4. The maximum absolute atomic E-state index is 13.4. The monoisotopic (exact) mass is 484 g/mol. The second-order valence-electron chi connectivity index (χ2n) is 8.43. The van der Waals surface area contributed by atoms with Gasteiger partial charge in [0.15, 0.2) is 5.13 Å². The van der Waals surface area contributed by atoms with Crippen LogP contribution in [-0.4, -0.2) is 53.5 Å². The Bertz CT molecular complexity index is 1230. The number of amides is 2. The first-order valence-electron chi connectivity index (χ1n) is 12.2. The number of hydrogen-bond acceptors (Lipinski definition) is 4. The molecule has 0 spiro atoms. The van der Waals surface area contributed by atoms with Crippen LogP contribution in [0.25, 0.3) is 10.2 Å². The lowest BCUT2D eigenvalue weighted by atomic mass is 9.87. The average Bonchev–Trinajstić information content (AvgIpc) is 3.31. The summed E-state index contributed by atoms with van der Waals surface area (Å²) in [5.74, 6) is 0.139. The van der Waals surface area contributed by atoms with Gasteiger partial charge in [0, 0.05) is 31.1 Å². The number of hydrogen-bond donors (Lipinski definition) is 1. The number of para-hydroxylation sites is 1. The number of carbonyl (C=O) groups is 1. The molecule has 0 radical (unpaired) electrons. The van der Waals surface area contributed by atoms with Crippen LogP contribution in [0.1, 0.15) is 31.7 Å². The quantitative estimate of drug-likeness (QED) is 0.318. The zero-order chi connectivity index (χ0) is 24.5. The highest BCUT2D eigenvalue weighted by molar-refractivity contribution is 7.22. The number of thiazole rings is 1. The Balaban J connectivity index is 1.52. The van der Waals surface area contributed by atoms with Gasteiger partial charge in [0.2, 0.25) is 0 Å². The molecule has 1 heterocycles. The minimum absolute atomic E-state index is 0.105. The lowest BCUT2D eigenvalue weighted by Gasteiger charge is -2.28. The number of allylic oxidation sites excluding steroid dienone is 4. The summed E-state index contributed by atoms with van der Waals surface area (Å²) in [6.45, 7) is 8.35. The summed E-state index contributed by atoms with van der Waals surface area (Å²) in [6.07, 6.45) is 6.76. The van der Waals surface area contributed by atoms with Crippen molar-refractivity contribution in [1.82, 2.24) is 14.8 Å². The highest BCUT2D eigenvalue weighted by Gasteiger charge is 2.21. The number of nitrogens with zero attached hydrogens (tertiary/aromatic N) is 3. The van der Waals surface area contributed by atoms with Crippen LogP contribution < -0.4 is 5.32 Å². The van der Waals surface area contributed by atoms with E-state index < -0.39 is 0 Å². The molecule has 0 saturated heterocycles. The number of carbonyl (C=O) groups excluding carboxylic acids is 1. The first kappa shape index (κ1) is 24.7. The van der Waals surface area contributed by atoms with Crippen LogP contribution in [0.3, 0.4) is 0 Å². The largest absolute Gasteiger partial charge is 0.323 e. The van der Waals surface area contributed by atoms with E-state index in [1.165, 1.54) is 16.9 Å². The molecule has 3 aromatic rings. The summed E-state index contributed by atoms with van der Waals surface area (Å²) in [7, 11) is 0. The number of fused-ring (bicyclic) bond motifs is 1. The smallest absolute Gasteiger partial charge is 0.323 e. The Labute approximate surface area is 211 Å². The van der Waals surface area contributed by atoms with E-state index in [1.54, 1.807) is 0 Å². The summed E-state index contributed by atoms with van der Waals surface area (Å²) in [5, 5.41) is 3.69. The van der Waals surface area contributed by atoms with Gasteiger partial charge in [-0.15, -0.1) is 0 Å². The first-order valence-corrected chi connectivity index (χ1v) is 13.1. The minimum atomic E-state index is -0.105. The summed E-state index contributed by atoms with van der Waals surface area (Å²) >= 11 is 1.51. The number of nitrogens with one attached hydrogen (secondary N) is 1. The molecule has 6 heteroatoms. The fourth-order valence-corrected chi connectivity index (χ4v) is 5.11. The van der Waals surface area contributed by atoms with Crippen molar-refractivity contribution in [3.05, 3.63) is 95.4 Å². The van der Waals surface area contributed by atoms with Gasteiger partial charge in [-0.2, -0.15) is 0 Å². The molecule has 5 nitrogen and oxygen atoms in total. The summed E-state index contributed by atoms with van der Waals surface area (Å²) in [6, 6.07) is 18.3. The van der Waals surface area contributed by atoms with Crippen molar-refractivity contribution in [1.29, 1.82) is 0 Å². The Morgan fingerprint density at radius 3 is 2.51 bits per heavy atom. The molecule has 1 aliphatic carbocycles. The van der Waals surface area contributed by atoms with E-state index in [1.807, 2.05) is 47.4 Å². The summed E-state index contributed by atoms with van der Waals surface area (Å²) in [4.78, 5) is 22.3. The number of benzene rings is 2. The predicted molar refractivity (Wildman–Crippen MR) is 146 cm³/mol. The first-order chi connectivity index (χ1) is 17.2. The molecule has 0 saturated carbocycles. The van der Waals surface area contributed by atoms with E-state index >= 15 is 0 Å². The number of aromatic nitrogens is 1. The van der Waals surface area contributed by atoms with E-state index in [-0.39, 0.29) is 11.9 Å². The standard InChI is InChI=1S/C29H32N4OS/c1-3-32(4-2)21-22-33(29(34)31-28-30-26-17-11-12-18-27(26)35-28)20-19-25(23-13-7-5-8-14-23)24-15-9-6-10-16-24/h5-9,11-15,17-18,25H,3-4,19-22H2,1-2H3,(H,30,31,34). The normalized spacial score (nSPS) is 13.3. The van der Waals surface area contributed by atoms with Crippen LogP contribution in [0, 0.1) is 0 Å². The molecule has 180 valence electrons. The van der Waals surface area contributed by atoms with Crippen molar-refractivity contribution >= 4 is 32.7 Å². The molecule has 0 aliphatic heterocycles. The van der Waals surface area contributed by atoms with Crippen LogP contribution in [0.2, 0.25) is 0 Å². The molecule has 4 rings (SSSR count). The Morgan fingerprint density at radius 1 is 1.03 bits per heavy atom. The zero-order valence-corrected chi connectivity index (χ0v) is 21.2. The third kappa shape index (κ3) is 6.60. The van der Waals surface area contributed by atoms with Crippen molar-refractivity contribution in [3.8, 4) is 0 Å². The fourth-order valence-electron chi connectivity index (χ4n) is 4.25. The van der Waals surface area contributed by atoms with Crippen LogP contribution >= 0.6 is 11.3 Å². The number of rotatable bonds is 11. The molecule has 2 amide bonds. The van der Waals surface area contributed by atoms with E-state index in [9.17, 15) is 4.79 Å². The highest BCUT2D eigenvalue weighted by atomic mass is 32.1.